The second-order valence-electron chi connectivity index (χ2n) is 17.1. The summed E-state index contributed by atoms with van der Waals surface area (Å²) in [5.74, 6) is -2.41. The summed E-state index contributed by atoms with van der Waals surface area (Å²) < 4.78 is 24.9. The highest BCUT2D eigenvalue weighted by Gasteiger charge is 2.48. The molecular weight excluding hydrogens is 739 g/mol. The molecule has 1 aliphatic carbocycles. The molecule has 2 heterocycles. The van der Waals surface area contributed by atoms with E-state index >= 15 is 0 Å². The maximum Gasteiger partial charge on any atom is 0.315 e. The molecule has 1 saturated heterocycles. The minimum atomic E-state index is -3.36. The van der Waals surface area contributed by atoms with E-state index in [-0.39, 0.29) is 36.6 Å². The van der Waals surface area contributed by atoms with Crippen LogP contribution in [0.3, 0.4) is 0 Å². The molecule has 2 fully saturated rings. The lowest BCUT2D eigenvalue weighted by Crippen LogP contribution is -2.63. The lowest BCUT2D eigenvalue weighted by atomic mass is 9.74. The van der Waals surface area contributed by atoms with Crippen LogP contribution in [-0.4, -0.2) is 85.9 Å². The molecule has 1 aromatic heterocycles. The first-order valence-corrected chi connectivity index (χ1v) is 22.9. The van der Waals surface area contributed by atoms with E-state index < -0.39 is 62.5 Å². The highest BCUT2D eigenvalue weighted by molar-refractivity contribution is 7.90. The Morgan fingerprint density at radius 3 is 2.31 bits per heavy atom. The van der Waals surface area contributed by atoms with Gasteiger partial charge in [-0.2, -0.15) is 0 Å². The molecule has 55 heavy (non-hydrogen) atoms. The van der Waals surface area contributed by atoms with Crippen LogP contribution in [0, 0.1) is 23.2 Å². The zero-order chi connectivity index (χ0) is 41.1. The minimum absolute atomic E-state index is 0.0407. The van der Waals surface area contributed by atoms with Crippen molar-refractivity contribution in [2.75, 3.05) is 19.3 Å². The van der Waals surface area contributed by atoms with Gasteiger partial charge in [-0.15, -0.1) is 17.9 Å². The molecule has 310 valence electrons. The molecule has 1 saturated carbocycles. The molecule has 0 bridgehead atoms. The van der Waals surface area contributed by atoms with E-state index in [1.807, 2.05) is 46.9 Å². The summed E-state index contributed by atoms with van der Waals surface area (Å²) in [6.07, 6.45) is 11.6. The number of nitrogens with zero attached hydrogens (tertiary/aromatic N) is 1. The number of thiophene rings is 1. The van der Waals surface area contributed by atoms with Gasteiger partial charge in [0.25, 0.3) is 5.91 Å². The van der Waals surface area contributed by atoms with Gasteiger partial charge in [-0.05, 0) is 73.1 Å². The van der Waals surface area contributed by atoms with Crippen molar-refractivity contribution in [2.45, 2.75) is 154 Å². The largest absolute Gasteiger partial charge is 0.346 e. The molecule has 2 aliphatic rings. The molecule has 4 N–H and O–H groups in total. The number of nitrogens with one attached hydrogen (secondary N) is 4. The molecule has 5 amide bonds. The highest BCUT2D eigenvalue weighted by atomic mass is 32.2. The van der Waals surface area contributed by atoms with Crippen LogP contribution in [0.15, 0.2) is 29.0 Å². The molecule has 1 aliphatic heterocycles. The van der Waals surface area contributed by atoms with Crippen molar-refractivity contribution >= 4 is 50.7 Å². The smallest absolute Gasteiger partial charge is 0.315 e. The van der Waals surface area contributed by atoms with Gasteiger partial charge in [0.2, 0.25) is 17.6 Å². The van der Waals surface area contributed by atoms with Crippen LogP contribution in [0.2, 0.25) is 0 Å². The molecule has 0 spiro atoms. The van der Waals surface area contributed by atoms with E-state index in [2.05, 4.69) is 34.8 Å². The number of likely N-dealkylation sites (tertiary alicyclic amines) is 1. The number of ketones is 1. The van der Waals surface area contributed by atoms with Crippen molar-refractivity contribution in [3.05, 3.63) is 29.0 Å². The van der Waals surface area contributed by atoms with Crippen LogP contribution in [0.4, 0.5) is 4.79 Å². The van der Waals surface area contributed by atoms with Gasteiger partial charge < -0.3 is 26.2 Å². The number of carbonyl (C=O) groups excluding carboxylic acids is 5. The van der Waals surface area contributed by atoms with Crippen molar-refractivity contribution in [2.24, 2.45) is 23.2 Å². The minimum Gasteiger partial charge on any atom is -0.346 e. The fourth-order valence-electron chi connectivity index (χ4n) is 8.26. The Morgan fingerprint density at radius 2 is 1.75 bits per heavy atom. The van der Waals surface area contributed by atoms with Gasteiger partial charge in [-0.25, -0.2) is 13.2 Å². The maximum atomic E-state index is 14.6. The third-order valence-electron chi connectivity index (χ3n) is 11.4. The highest BCUT2D eigenvalue weighted by Crippen LogP contribution is 2.38. The molecule has 14 heteroatoms. The van der Waals surface area contributed by atoms with Gasteiger partial charge in [-0.1, -0.05) is 93.1 Å². The van der Waals surface area contributed by atoms with Crippen molar-refractivity contribution in [3.8, 4) is 0 Å². The molecule has 12 nitrogen and oxygen atoms in total. The molecule has 0 aromatic carbocycles. The quantitative estimate of drug-likeness (QED) is 0.0990. The van der Waals surface area contributed by atoms with Crippen molar-refractivity contribution in [1.29, 1.82) is 0 Å². The van der Waals surface area contributed by atoms with E-state index in [0.717, 1.165) is 49.8 Å². The fraction of sp³-hybridized carbons (Fsp3) is 0.732. The van der Waals surface area contributed by atoms with Crippen molar-refractivity contribution in [1.82, 2.24) is 26.2 Å². The van der Waals surface area contributed by atoms with Crippen molar-refractivity contribution in [3.63, 3.8) is 0 Å². The zero-order valence-electron chi connectivity index (χ0n) is 34.4. The predicted octanol–water partition coefficient (Wildman–Crippen LogP) is 5.95. The van der Waals surface area contributed by atoms with E-state index in [1.54, 1.807) is 11.0 Å². The molecular formula is C41H67N5O7S2. The van der Waals surface area contributed by atoms with E-state index in [4.69, 9.17) is 0 Å². The molecule has 2 unspecified atom stereocenters. The summed E-state index contributed by atoms with van der Waals surface area (Å²) in [5.41, 5.74) is -1.24. The zero-order valence-corrected chi connectivity index (χ0v) is 36.1. The number of unbranched alkanes of at least 4 members (excludes halogenated alkanes) is 1. The van der Waals surface area contributed by atoms with Gasteiger partial charge in [0.15, 0.2) is 9.84 Å². The summed E-state index contributed by atoms with van der Waals surface area (Å²) in [6.45, 7) is 17.7. The van der Waals surface area contributed by atoms with Gasteiger partial charge in [-0.3, -0.25) is 19.2 Å². The summed E-state index contributed by atoms with van der Waals surface area (Å²) in [5, 5.41) is 13.5. The average Bonchev–Trinajstić information content (AvgIpc) is 3.78. The van der Waals surface area contributed by atoms with Gasteiger partial charge >= 0.3 is 6.03 Å². The Balaban J connectivity index is 1.85. The molecule has 3 rings (SSSR count). The van der Waals surface area contributed by atoms with Gasteiger partial charge in [0, 0.05) is 29.8 Å². The first kappa shape index (κ1) is 46.1. The summed E-state index contributed by atoms with van der Waals surface area (Å²) in [6, 6.07) is -1.68. The van der Waals surface area contributed by atoms with Crippen LogP contribution in [0.25, 0.3) is 0 Å². The summed E-state index contributed by atoms with van der Waals surface area (Å²) in [7, 11) is -3.36. The standard InChI is InChI=1S/C41H67N5O7S2/c1-10-13-17-30(34(47)37(49)42-22-11-2)43-36(48)33-29(27(4)5)18-23-46(33)38(50)35(40(6,7)8)44-39(51)45-41(20-15-14-16-21-41)26-28(12-3)25-31-32(19-24-54-31)55(9,52)53/h11,19,24,27-30,33,35H,2,10,12-18,20-23,25-26H2,1,3-9H3,(H,42,49)(H,43,48)(H2,44,45,51)/t28?,29-,30?,33+,35-/m1/s1. The Labute approximate surface area is 333 Å². The predicted molar refractivity (Wildman–Crippen MR) is 218 cm³/mol. The normalized spacial score (nSPS) is 20.3. The Morgan fingerprint density at radius 1 is 1.07 bits per heavy atom. The number of Topliss-reactive ketones (excluding diaryl/α,β-unsaturated/α-hetero) is 1. The van der Waals surface area contributed by atoms with Crippen molar-refractivity contribution < 1.29 is 32.4 Å². The number of hydrogen-bond acceptors (Lipinski definition) is 8. The second kappa shape index (κ2) is 20.2. The van der Waals surface area contributed by atoms with E-state index in [9.17, 15) is 32.4 Å². The number of carbonyl (C=O) groups is 5. The first-order valence-electron chi connectivity index (χ1n) is 20.2. The van der Waals surface area contributed by atoms with Crippen LogP contribution < -0.4 is 21.3 Å². The molecule has 5 atom stereocenters. The van der Waals surface area contributed by atoms with Crippen LogP contribution in [0.5, 0.6) is 0 Å². The summed E-state index contributed by atoms with van der Waals surface area (Å²) in [4.78, 5) is 71.5. The Kier molecular flexibility index (Phi) is 17.0. The third-order valence-corrected chi connectivity index (χ3v) is 13.6. The van der Waals surface area contributed by atoms with E-state index in [1.165, 1.54) is 23.7 Å². The lowest BCUT2D eigenvalue weighted by Gasteiger charge is -2.42. The summed E-state index contributed by atoms with van der Waals surface area (Å²) >= 11 is 1.45. The average molecular weight is 806 g/mol. The number of sulfone groups is 1. The van der Waals surface area contributed by atoms with Crippen LogP contribution in [-0.2, 0) is 35.4 Å². The van der Waals surface area contributed by atoms with Gasteiger partial charge in [0.1, 0.15) is 12.1 Å². The molecule has 0 radical (unpaired) electrons. The Hall–Kier alpha value is -3.26. The maximum absolute atomic E-state index is 14.6. The number of rotatable bonds is 19. The monoisotopic (exact) mass is 805 g/mol. The molecule has 1 aromatic rings. The fourth-order valence-corrected chi connectivity index (χ4v) is 10.6. The topological polar surface area (TPSA) is 171 Å². The number of hydrogen-bond donors (Lipinski definition) is 4. The number of urea groups is 1. The van der Waals surface area contributed by atoms with Crippen LogP contribution >= 0.6 is 11.3 Å². The lowest BCUT2D eigenvalue weighted by molar-refractivity contribution is -0.144. The second-order valence-corrected chi connectivity index (χ2v) is 20.1. The van der Waals surface area contributed by atoms with E-state index in [0.29, 0.717) is 37.1 Å². The Bertz CT molecular complexity index is 1610. The third kappa shape index (κ3) is 12.6. The number of amides is 5. The van der Waals surface area contributed by atoms with Crippen LogP contribution in [0.1, 0.15) is 124 Å². The first-order chi connectivity index (χ1) is 25.8. The van der Waals surface area contributed by atoms with Gasteiger partial charge in [0.05, 0.1) is 10.9 Å². The SMILES string of the molecule is C=CCNC(=O)C(=O)C(CCCC)NC(=O)[C@@H]1[C@@H](C(C)C)CCN1C(=O)[C@@H](NC(=O)NC1(CC(CC)Cc2sccc2S(C)(=O)=O)CCCCC1)C(C)(C)C.